The summed E-state index contributed by atoms with van der Waals surface area (Å²) < 4.78 is 1.30. The van der Waals surface area contributed by atoms with Gasteiger partial charge in [0.15, 0.2) is 0 Å². The molecule has 1 heterocycles. The topological polar surface area (TPSA) is 24.9 Å². The monoisotopic (exact) mass is 248 g/mol. The highest BCUT2D eigenvalue weighted by Crippen LogP contribution is 2.21. The number of aromatic nitrogens is 1. The van der Waals surface area contributed by atoms with Crippen molar-refractivity contribution in [2.75, 3.05) is 13.1 Å². The van der Waals surface area contributed by atoms with Gasteiger partial charge in [0.2, 0.25) is 0 Å². The standard InChI is InChI=1S/C14H20N2S/c1-2-3-6-10-15-11-9-14-16-12-7-4-5-8-13(12)17-14/h4-5,7-8,15H,2-3,6,9-11H2,1H3. The average molecular weight is 248 g/mol. The molecule has 0 fully saturated rings. The van der Waals surface area contributed by atoms with E-state index < -0.39 is 0 Å². The van der Waals surface area contributed by atoms with Crippen molar-refractivity contribution in [2.24, 2.45) is 0 Å². The van der Waals surface area contributed by atoms with E-state index in [1.165, 1.54) is 29.0 Å². The summed E-state index contributed by atoms with van der Waals surface area (Å²) in [5.74, 6) is 0. The molecule has 0 unspecified atom stereocenters. The van der Waals surface area contributed by atoms with Crippen molar-refractivity contribution in [3.63, 3.8) is 0 Å². The molecular weight excluding hydrogens is 228 g/mol. The minimum atomic E-state index is 1.05. The van der Waals surface area contributed by atoms with E-state index in [2.05, 4.69) is 41.5 Å². The molecule has 2 aromatic rings. The van der Waals surface area contributed by atoms with Crippen molar-refractivity contribution in [3.05, 3.63) is 29.3 Å². The maximum Gasteiger partial charge on any atom is 0.0951 e. The first kappa shape index (κ1) is 12.5. The quantitative estimate of drug-likeness (QED) is 0.757. The van der Waals surface area contributed by atoms with Gasteiger partial charge in [0.25, 0.3) is 0 Å². The van der Waals surface area contributed by atoms with Crippen molar-refractivity contribution in [2.45, 2.75) is 32.6 Å². The molecule has 0 radical (unpaired) electrons. The van der Waals surface area contributed by atoms with Crippen LogP contribution in [0.25, 0.3) is 10.2 Å². The van der Waals surface area contributed by atoms with E-state index >= 15 is 0 Å². The van der Waals surface area contributed by atoms with Gasteiger partial charge in [0.1, 0.15) is 0 Å². The number of nitrogens with zero attached hydrogens (tertiary/aromatic N) is 1. The lowest BCUT2D eigenvalue weighted by molar-refractivity contribution is 0.616. The zero-order valence-corrected chi connectivity index (χ0v) is 11.2. The first-order chi connectivity index (χ1) is 8.40. The van der Waals surface area contributed by atoms with Crippen LogP contribution in [-0.2, 0) is 6.42 Å². The largest absolute Gasteiger partial charge is 0.316 e. The second kappa shape index (κ2) is 6.72. The number of benzene rings is 1. The Hall–Kier alpha value is -0.930. The van der Waals surface area contributed by atoms with Gasteiger partial charge >= 0.3 is 0 Å². The highest BCUT2D eigenvalue weighted by Gasteiger charge is 2.01. The fourth-order valence-corrected chi connectivity index (χ4v) is 2.81. The average Bonchev–Trinajstić information content (AvgIpc) is 2.76. The van der Waals surface area contributed by atoms with Gasteiger partial charge in [-0.3, -0.25) is 0 Å². The van der Waals surface area contributed by atoms with Crippen LogP contribution in [0.5, 0.6) is 0 Å². The molecule has 92 valence electrons. The minimum absolute atomic E-state index is 1.05. The molecule has 0 aliphatic heterocycles. The Balaban J connectivity index is 1.75. The lowest BCUT2D eigenvalue weighted by Gasteiger charge is -2.01. The normalized spacial score (nSPS) is 11.1. The molecule has 1 aromatic heterocycles. The minimum Gasteiger partial charge on any atom is -0.316 e. The van der Waals surface area contributed by atoms with E-state index in [1.807, 2.05) is 11.3 Å². The Bertz CT molecular complexity index is 417. The third-order valence-electron chi connectivity index (χ3n) is 2.81. The van der Waals surface area contributed by atoms with E-state index in [-0.39, 0.29) is 0 Å². The molecule has 0 aliphatic rings. The van der Waals surface area contributed by atoms with Gasteiger partial charge in [-0.2, -0.15) is 0 Å². The maximum atomic E-state index is 4.63. The van der Waals surface area contributed by atoms with Crippen LogP contribution in [0.3, 0.4) is 0 Å². The zero-order valence-electron chi connectivity index (χ0n) is 10.4. The van der Waals surface area contributed by atoms with Crippen LogP contribution in [0.4, 0.5) is 0 Å². The van der Waals surface area contributed by atoms with E-state index in [1.54, 1.807) is 0 Å². The molecule has 0 spiro atoms. The Morgan fingerprint density at radius 3 is 2.88 bits per heavy atom. The molecule has 0 atom stereocenters. The third-order valence-corrected chi connectivity index (χ3v) is 3.91. The fraction of sp³-hybridized carbons (Fsp3) is 0.500. The summed E-state index contributed by atoms with van der Waals surface area (Å²) in [7, 11) is 0. The number of rotatable bonds is 7. The Kier molecular flexibility index (Phi) is 4.95. The predicted octanol–water partition coefficient (Wildman–Crippen LogP) is 3.62. The van der Waals surface area contributed by atoms with Crippen LogP contribution in [0, 0.1) is 0 Å². The molecule has 0 saturated carbocycles. The first-order valence-electron chi connectivity index (χ1n) is 6.45. The molecule has 1 aromatic carbocycles. The second-order valence-corrected chi connectivity index (χ2v) is 5.40. The molecule has 2 nitrogen and oxygen atoms in total. The molecule has 3 heteroatoms. The van der Waals surface area contributed by atoms with E-state index in [0.29, 0.717) is 0 Å². The van der Waals surface area contributed by atoms with Crippen LogP contribution < -0.4 is 5.32 Å². The number of unbranched alkanes of at least 4 members (excludes halogenated alkanes) is 2. The fourth-order valence-electron chi connectivity index (χ4n) is 1.85. The summed E-state index contributed by atoms with van der Waals surface area (Å²) in [6, 6.07) is 8.36. The summed E-state index contributed by atoms with van der Waals surface area (Å²) in [6.07, 6.45) is 4.95. The lowest BCUT2D eigenvalue weighted by Crippen LogP contribution is -2.18. The van der Waals surface area contributed by atoms with Gasteiger partial charge < -0.3 is 5.32 Å². The summed E-state index contributed by atoms with van der Waals surface area (Å²) >= 11 is 1.81. The van der Waals surface area contributed by atoms with Crippen molar-refractivity contribution >= 4 is 21.6 Å². The molecule has 17 heavy (non-hydrogen) atoms. The molecule has 0 bridgehead atoms. The second-order valence-electron chi connectivity index (χ2n) is 4.28. The summed E-state index contributed by atoms with van der Waals surface area (Å²) in [4.78, 5) is 4.63. The van der Waals surface area contributed by atoms with E-state index in [4.69, 9.17) is 0 Å². The third kappa shape index (κ3) is 3.79. The zero-order chi connectivity index (χ0) is 11.9. The highest BCUT2D eigenvalue weighted by molar-refractivity contribution is 7.18. The van der Waals surface area contributed by atoms with Gasteiger partial charge in [-0.1, -0.05) is 31.9 Å². The molecular formula is C14H20N2S. The lowest BCUT2D eigenvalue weighted by atomic mass is 10.2. The van der Waals surface area contributed by atoms with Gasteiger partial charge in [-0.15, -0.1) is 11.3 Å². The highest BCUT2D eigenvalue weighted by atomic mass is 32.1. The number of hydrogen-bond donors (Lipinski definition) is 1. The summed E-state index contributed by atoms with van der Waals surface area (Å²) in [5.41, 5.74) is 1.14. The van der Waals surface area contributed by atoms with Gasteiger partial charge in [0, 0.05) is 13.0 Å². The Morgan fingerprint density at radius 2 is 2.06 bits per heavy atom. The van der Waals surface area contributed by atoms with Crippen LogP contribution in [-0.4, -0.2) is 18.1 Å². The molecule has 0 aliphatic carbocycles. The van der Waals surface area contributed by atoms with Crippen molar-refractivity contribution in [3.8, 4) is 0 Å². The SMILES string of the molecule is CCCCCNCCc1nc2ccccc2s1. The predicted molar refractivity (Wildman–Crippen MR) is 75.7 cm³/mol. The van der Waals surface area contributed by atoms with Crippen LogP contribution >= 0.6 is 11.3 Å². The number of nitrogens with one attached hydrogen (secondary N) is 1. The summed E-state index contributed by atoms with van der Waals surface area (Å²) in [6.45, 7) is 4.42. The van der Waals surface area contributed by atoms with Crippen molar-refractivity contribution < 1.29 is 0 Å². The van der Waals surface area contributed by atoms with Crippen LogP contribution in [0.15, 0.2) is 24.3 Å². The molecule has 1 N–H and O–H groups in total. The van der Waals surface area contributed by atoms with Gasteiger partial charge in [0.05, 0.1) is 15.2 Å². The number of thiazole rings is 1. The van der Waals surface area contributed by atoms with Gasteiger partial charge in [-0.05, 0) is 25.1 Å². The van der Waals surface area contributed by atoms with Crippen molar-refractivity contribution in [1.82, 2.24) is 10.3 Å². The number of fused-ring (bicyclic) bond motifs is 1. The van der Waals surface area contributed by atoms with Crippen molar-refractivity contribution in [1.29, 1.82) is 0 Å². The number of hydrogen-bond acceptors (Lipinski definition) is 3. The Morgan fingerprint density at radius 1 is 1.18 bits per heavy atom. The molecule has 0 saturated heterocycles. The van der Waals surface area contributed by atoms with E-state index in [0.717, 1.165) is 25.0 Å². The summed E-state index contributed by atoms with van der Waals surface area (Å²) in [5, 5.41) is 4.72. The molecule has 0 amide bonds. The Labute approximate surface area is 107 Å². The molecule has 2 rings (SSSR count). The van der Waals surface area contributed by atoms with Crippen LogP contribution in [0.1, 0.15) is 31.2 Å². The smallest absolute Gasteiger partial charge is 0.0951 e. The van der Waals surface area contributed by atoms with Gasteiger partial charge in [-0.25, -0.2) is 4.98 Å². The number of para-hydroxylation sites is 1. The maximum absolute atomic E-state index is 4.63. The van der Waals surface area contributed by atoms with Crippen LogP contribution in [0.2, 0.25) is 0 Å². The van der Waals surface area contributed by atoms with E-state index in [9.17, 15) is 0 Å². The first-order valence-corrected chi connectivity index (χ1v) is 7.27.